The quantitative estimate of drug-likeness (QED) is 0.265. The number of benzene rings is 3. The van der Waals surface area contributed by atoms with Crippen molar-refractivity contribution in [2.45, 2.75) is 19.3 Å². The maximum Gasteiger partial charge on any atom is 0.416 e. The number of oxazole rings is 1. The molecular weight excluding hydrogens is 516 g/mol. The van der Waals surface area contributed by atoms with Crippen molar-refractivity contribution in [3.05, 3.63) is 89.6 Å². The molecule has 2 N–H and O–H groups in total. The van der Waals surface area contributed by atoms with Gasteiger partial charge in [0.05, 0.1) is 11.1 Å². The summed E-state index contributed by atoms with van der Waals surface area (Å²) in [5, 5.41) is 4.65. The summed E-state index contributed by atoms with van der Waals surface area (Å²) in [7, 11) is 0. The Bertz CT molecular complexity index is 1440. The Morgan fingerprint density at radius 3 is 1.84 bits per heavy atom. The number of hydrogen-bond acceptors (Lipinski definition) is 4. The predicted octanol–water partition coefficient (Wildman–Crippen LogP) is 7.26. The molecule has 4 aromatic rings. The average Bonchev–Trinajstić information content (AvgIpc) is 3.29. The molecule has 0 atom stereocenters. The van der Waals surface area contributed by atoms with Gasteiger partial charge in [0.25, 0.3) is 5.91 Å². The van der Waals surface area contributed by atoms with E-state index in [4.69, 9.17) is 4.42 Å². The number of anilines is 2. The van der Waals surface area contributed by atoms with Crippen molar-refractivity contribution in [2.24, 2.45) is 0 Å². The zero-order chi connectivity index (χ0) is 27.7. The maximum atomic E-state index is 13.3. The summed E-state index contributed by atoms with van der Waals surface area (Å²) in [5.74, 6) is -1.50. The fourth-order valence-corrected chi connectivity index (χ4v) is 3.50. The molecule has 0 aliphatic carbocycles. The lowest BCUT2D eigenvalue weighted by Crippen LogP contribution is -2.16. The fraction of sp³-hybridized carbons (Fsp3) is 0.115. The number of aromatic nitrogens is 1. The van der Waals surface area contributed by atoms with Crippen molar-refractivity contribution in [3.8, 4) is 22.8 Å². The third-order valence-electron chi connectivity index (χ3n) is 5.18. The number of nitrogens with zero attached hydrogens (tertiary/aromatic N) is 1. The molecule has 4 rings (SSSR count). The van der Waals surface area contributed by atoms with Crippen LogP contribution in [0.5, 0.6) is 0 Å². The largest absolute Gasteiger partial charge is 0.435 e. The lowest BCUT2D eigenvalue weighted by molar-refractivity contribution is -0.143. The van der Waals surface area contributed by atoms with Gasteiger partial charge >= 0.3 is 12.4 Å². The predicted molar refractivity (Wildman–Crippen MR) is 126 cm³/mol. The number of nitrogens with one attached hydrogen (secondary N) is 2. The number of rotatable bonds is 5. The van der Waals surface area contributed by atoms with Crippen LogP contribution in [0.4, 0.5) is 37.7 Å². The zero-order valence-electron chi connectivity index (χ0n) is 19.4. The Hall–Kier alpha value is -4.61. The van der Waals surface area contributed by atoms with Crippen LogP contribution < -0.4 is 10.6 Å². The van der Waals surface area contributed by atoms with E-state index in [1.54, 1.807) is 30.3 Å². The number of hydrogen-bond donors (Lipinski definition) is 2. The molecule has 0 fully saturated rings. The highest BCUT2D eigenvalue weighted by Crippen LogP contribution is 2.38. The minimum Gasteiger partial charge on any atom is -0.435 e. The summed E-state index contributed by atoms with van der Waals surface area (Å²) >= 11 is 0. The molecule has 6 nitrogen and oxygen atoms in total. The van der Waals surface area contributed by atoms with E-state index in [9.17, 15) is 35.9 Å². The van der Waals surface area contributed by atoms with Gasteiger partial charge < -0.3 is 15.1 Å². The number of carbonyl (C=O) groups excluding carboxylic acids is 2. The van der Waals surface area contributed by atoms with Crippen molar-refractivity contribution in [1.29, 1.82) is 0 Å². The Kier molecular flexibility index (Phi) is 6.99. The third kappa shape index (κ3) is 6.02. The van der Waals surface area contributed by atoms with Crippen molar-refractivity contribution in [1.82, 2.24) is 4.98 Å². The Morgan fingerprint density at radius 2 is 1.32 bits per heavy atom. The van der Waals surface area contributed by atoms with Crippen molar-refractivity contribution >= 4 is 23.2 Å². The van der Waals surface area contributed by atoms with Gasteiger partial charge in [-0.25, -0.2) is 4.98 Å². The first kappa shape index (κ1) is 26.5. The van der Waals surface area contributed by atoms with Crippen LogP contribution in [0.2, 0.25) is 0 Å². The normalized spacial score (nSPS) is 11.8. The Balaban J connectivity index is 1.76. The second kappa shape index (κ2) is 10.0. The van der Waals surface area contributed by atoms with Crippen molar-refractivity contribution in [3.63, 3.8) is 0 Å². The monoisotopic (exact) mass is 533 g/mol. The second-order valence-corrected chi connectivity index (χ2v) is 8.07. The van der Waals surface area contributed by atoms with Gasteiger partial charge in [0, 0.05) is 29.4 Å². The van der Waals surface area contributed by atoms with Crippen molar-refractivity contribution < 1.29 is 40.3 Å². The highest BCUT2D eigenvalue weighted by molar-refractivity contribution is 6.07. The molecular formula is C26H17F6N3O3. The van der Waals surface area contributed by atoms with Crippen LogP contribution >= 0.6 is 0 Å². The van der Waals surface area contributed by atoms with Crippen LogP contribution in [-0.2, 0) is 17.1 Å². The first-order valence-electron chi connectivity index (χ1n) is 10.9. The molecule has 0 bridgehead atoms. The van der Waals surface area contributed by atoms with E-state index in [1.807, 2.05) is 0 Å². The van der Waals surface area contributed by atoms with E-state index < -0.39 is 35.1 Å². The first-order chi connectivity index (χ1) is 17.8. The topological polar surface area (TPSA) is 84.2 Å². The molecule has 0 saturated heterocycles. The van der Waals surface area contributed by atoms with Gasteiger partial charge in [-0.2, -0.15) is 26.3 Å². The Morgan fingerprint density at radius 1 is 0.737 bits per heavy atom. The van der Waals surface area contributed by atoms with Crippen LogP contribution in [0.15, 0.2) is 77.2 Å². The maximum absolute atomic E-state index is 13.3. The number of halogens is 6. The van der Waals surface area contributed by atoms with E-state index in [2.05, 4.69) is 15.6 Å². The van der Waals surface area contributed by atoms with Gasteiger partial charge in [-0.1, -0.05) is 18.2 Å². The molecule has 1 aromatic heterocycles. The van der Waals surface area contributed by atoms with E-state index >= 15 is 0 Å². The van der Waals surface area contributed by atoms with Gasteiger partial charge in [0.15, 0.2) is 11.5 Å². The van der Waals surface area contributed by atoms with Gasteiger partial charge in [0.1, 0.15) is 0 Å². The average molecular weight is 533 g/mol. The number of amides is 2. The smallest absolute Gasteiger partial charge is 0.416 e. The minimum atomic E-state index is -5.09. The molecule has 12 heteroatoms. The van der Waals surface area contributed by atoms with Crippen molar-refractivity contribution in [2.75, 3.05) is 10.6 Å². The molecule has 0 saturated carbocycles. The molecule has 0 aliphatic rings. The van der Waals surface area contributed by atoms with E-state index in [0.29, 0.717) is 28.9 Å². The van der Waals surface area contributed by atoms with Crippen LogP contribution in [0.25, 0.3) is 22.8 Å². The first-order valence-corrected chi connectivity index (χ1v) is 10.9. The van der Waals surface area contributed by atoms with E-state index in [-0.39, 0.29) is 29.3 Å². The molecule has 2 amide bonds. The third-order valence-corrected chi connectivity index (χ3v) is 5.18. The zero-order valence-corrected chi connectivity index (χ0v) is 19.4. The summed E-state index contributed by atoms with van der Waals surface area (Å²) in [6, 6.07) is 15.2. The minimum absolute atomic E-state index is 0.00305. The molecule has 1 heterocycles. The lowest BCUT2D eigenvalue weighted by Gasteiger charge is -2.14. The van der Waals surface area contributed by atoms with Gasteiger partial charge in [-0.15, -0.1) is 0 Å². The molecule has 3 aromatic carbocycles. The summed E-state index contributed by atoms with van der Waals surface area (Å²) in [5.41, 5.74) is -3.03. The highest BCUT2D eigenvalue weighted by Gasteiger charge is 2.37. The van der Waals surface area contributed by atoms with Crippen LogP contribution in [0.1, 0.15) is 28.5 Å². The molecule has 196 valence electrons. The molecule has 0 radical (unpaired) electrons. The van der Waals surface area contributed by atoms with E-state index in [0.717, 1.165) is 0 Å². The van der Waals surface area contributed by atoms with Crippen LogP contribution in [0, 0.1) is 0 Å². The molecule has 0 unspecified atom stereocenters. The van der Waals surface area contributed by atoms with Crippen LogP contribution in [0.3, 0.4) is 0 Å². The SMILES string of the molecule is CC(=O)Nc1ccc(-c2oc(-c3ccccc3)nc2C(=O)Nc2cc(C(F)(F)F)cc(C(F)(F)F)c2)cc1. The van der Waals surface area contributed by atoms with Gasteiger partial charge in [0.2, 0.25) is 11.8 Å². The highest BCUT2D eigenvalue weighted by atomic mass is 19.4. The van der Waals surface area contributed by atoms with E-state index in [1.165, 1.54) is 31.2 Å². The van der Waals surface area contributed by atoms with Gasteiger partial charge in [-0.3, -0.25) is 9.59 Å². The summed E-state index contributed by atoms with van der Waals surface area (Å²) in [4.78, 5) is 28.6. The summed E-state index contributed by atoms with van der Waals surface area (Å²) in [6.07, 6.45) is -10.2. The van der Waals surface area contributed by atoms with Gasteiger partial charge in [-0.05, 0) is 54.6 Å². The molecule has 0 spiro atoms. The van der Waals surface area contributed by atoms with Crippen LogP contribution in [-0.4, -0.2) is 16.8 Å². The second-order valence-electron chi connectivity index (χ2n) is 8.07. The number of alkyl halides is 6. The fourth-order valence-electron chi connectivity index (χ4n) is 3.50. The molecule has 0 aliphatic heterocycles. The standard InChI is InChI=1S/C26H17F6N3O3/c1-14(36)33-19-9-7-15(8-10-19)22-21(35-24(38-22)16-5-3-2-4-6-16)23(37)34-20-12-17(25(27,28)29)11-18(13-20)26(30,31)32/h2-13H,1H3,(H,33,36)(H,34,37). The number of carbonyl (C=O) groups is 2. The summed E-state index contributed by atoms with van der Waals surface area (Å²) < 4.78 is 85.3. The summed E-state index contributed by atoms with van der Waals surface area (Å²) in [6.45, 7) is 1.32. The molecule has 38 heavy (non-hydrogen) atoms. The lowest BCUT2D eigenvalue weighted by atomic mass is 10.1. The Labute approximate surface area is 211 Å².